The molecule has 0 unspecified atom stereocenters. The Morgan fingerprint density at radius 2 is 2.00 bits per heavy atom. The number of benzene rings is 1. The number of ether oxygens (including phenoxy) is 1. The smallest absolute Gasteiger partial charge is 0.404 e. The number of hydrogen-bond donors (Lipinski definition) is 2. The molecule has 138 valence electrons. The number of methoxy groups -OCH3 is 1. The van der Waals surface area contributed by atoms with E-state index < -0.39 is 6.09 Å². The fourth-order valence-electron chi connectivity index (χ4n) is 3.07. The van der Waals surface area contributed by atoms with Crippen molar-refractivity contribution in [3.05, 3.63) is 42.6 Å². The Hall–Kier alpha value is -2.80. The summed E-state index contributed by atoms with van der Waals surface area (Å²) in [5.41, 5.74) is 2.14. The van der Waals surface area contributed by atoms with Gasteiger partial charge in [0.2, 0.25) is 0 Å². The van der Waals surface area contributed by atoms with E-state index in [0.29, 0.717) is 6.54 Å². The number of rotatable bonds is 6. The lowest BCUT2D eigenvalue weighted by molar-refractivity contribution is 0.190. The molecular weight excluding hydrogens is 332 g/mol. The first-order valence-corrected chi connectivity index (χ1v) is 8.70. The number of carboxylic acid groups (broad SMARTS) is 1. The Kier molecular flexibility index (Phi) is 5.91. The maximum atomic E-state index is 10.5. The third kappa shape index (κ3) is 4.64. The molecule has 1 aromatic heterocycles. The third-order valence-electron chi connectivity index (χ3n) is 4.55. The first-order chi connectivity index (χ1) is 12.7. The summed E-state index contributed by atoms with van der Waals surface area (Å²) in [6.07, 6.45) is 0.928. The normalized spacial score (nSPS) is 14.9. The monoisotopic (exact) mass is 356 g/mol. The molecule has 1 aliphatic heterocycles. The summed E-state index contributed by atoms with van der Waals surface area (Å²) in [6.45, 7) is 4.78. The standard InChI is InChI=1S/C19H24N4O3/c1-26-17-4-2-3-15(13-17)16-5-6-18(21-14-16)23-11-9-22(10-12-23)8-7-20-19(24)25/h2-6,13-14,20H,7-12H2,1H3,(H,24,25). The molecule has 0 saturated carbocycles. The zero-order valence-corrected chi connectivity index (χ0v) is 14.9. The van der Waals surface area contributed by atoms with Crippen molar-refractivity contribution in [2.24, 2.45) is 0 Å². The minimum Gasteiger partial charge on any atom is -0.497 e. The molecule has 2 aromatic rings. The minimum atomic E-state index is -0.969. The zero-order chi connectivity index (χ0) is 18.4. The van der Waals surface area contributed by atoms with Crippen molar-refractivity contribution in [3.8, 4) is 16.9 Å². The summed E-state index contributed by atoms with van der Waals surface area (Å²) in [5.74, 6) is 1.81. The van der Waals surface area contributed by atoms with E-state index in [9.17, 15) is 4.79 Å². The van der Waals surface area contributed by atoms with Crippen LogP contribution in [0, 0.1) is 0 Å². The fourth-order valence-corrected chi connectivity index (χ4v) is 3.07. The molecule has 1 aliphatic rings. The highest BCUT2D eigenvalue weighted by atomic mass is 16.5. The Balaban J connectivity index is 1.55. The van der Waals surface area contributed by atoms with Gasteiger partial charge in [-0.15, -0.1) is 0 Å². The quantitative estimate of drug-likeness (QED) is 0.826. The van der Waals surface area contributed by atoms with Gasteiger partial charge < -0.3 is 20.1 Å². The number of aromatic nitrogens is 1. The van der Waals surface area contributed by atoms with Crippen LogP contribution in [0.1, 0.15) is 0 Å². The second kappa shape index (κ2) is 8.53. The van der Waals surface area contributed by atoms with Crippen LogP contribution >= 0.6 is 0 Å². The number of pyridine rings is 1. The van der Waals surface area contributed by atoms with E-state index in [1.807, 2.05) is 30.5 Å². The molecule has 1 saturated heterocycles. The van der Waals surface area contributed by atoms with Crippen molar-refractivity contribution in [1.82, 2.24) is 15.2 Å². The van der Waals surface area contributed by atoms with E-state index >= 15 is 0 Å². The molecule has 2 heterocycles. The molecule has 0 radical (unpaired) electrons. The van der Waals surface area contributed by atoms with Crippen molar-refractivity contribution < 1.29 is 14.6 Å². The second-order valence-electron chi connectivity index (χ2n) is 6.20. The molecule has 1 aromatic carbocycles. The molecule has 0 spiro atoms. The van der Waals surface area contributed by atoms with Crippen molar-refractivity contribution in [3.63, 3.8) is 0 Å². The van der Waals surface area contributed by atoms with Crippen molar-refractivity contribution in [2.45, 2.75) is 0 Å². The lowest BCUT2D eigenvalue weighted by Gasteiger charge is -2.35. The number of hydrogen-bond acceptors (Lipinski definition) is 5. The highest BCUT2D eigenvalue weighted by molar-refractivity contribution is 5.65. The van der Waals surface area contributed by atoms with E-state index in [0.717, 1.165) is 55.4 Å². The van der Waals surface area contributed by atoms with E-state index in [1.165, 1.54) is 0 Å². The van der Waals surface area contributed by atoms with Crippen molar-refractivity contribution >= 4 is 11.9 Å². The van der Waals surface area contributed by atoms with E-state index in [4.69, 9.17) is 9.84 Å². The predicted molar refractivity (Wildman–Crippen MR) is 101 cm³/mol. The largest absolute Gasteiger partial charge is 0.497 e. The first kappa shape index (κ1) is 18.0. The van der Waals surface area contributed by atoms with Crippen LogP contribution in [0.3, 0.4) is 0 Å². The predicted octanol–water partition coefficient (Wildman–Crippen LogP) is 2.15. The first-order valence-electron chi connectivity index (χ1n) is 8.70. The molecule has 0 aliphatic carbocycles. The van der Waals surface area contributed by atoms with Crippen LogP contribution in [0.4, 0.5) is 10.6 Å². The van der Waals surface area contributed by atoms with Crippen LogP contribution in [0.2, 0.25) is 0 Å². The van der Waals surface area contributed by atoms with Gasteiger partial charge in [0.15, 0.2) is 0 Å². The van der Waals surface area contributed by atoms with E-state index in [-0.39, 0.29) is 0 Å². The molecule has 1 fully saturated rings. The number of nitrogens with one attached hydrogen (secondary N) is 1. The summed E-state index contributed by atoms with van der Waals surface area (Å²) in [5, 5.41) is 11.0. The number of carbonyl (C=O) groups is 1. The van der Waals surface area contributed by atoms with E-state index in [2.05, 4.69) is 32.2 Å². The Morgan fingerprint density at radius 3 is 2.65 bits per heavy atom. The third-order valence-corrected chi connectivity index (χ3v) is 4.55. The minimum absolute atomic E-state index is 0.461. The lowest BCUT2D eigenvalue weighted by atomic mass is 10.1. The van der Waals surface area contributed by atoms with Gasteiger partial charge in [0.1, 0.15) is 11.6 Å². The average molecular weight is 356 g/mol. The maximum absolute atomic E-state index is 10.5. The molecule has 2 N–H and O–H groups in total. The topological polar surface area (TPSA) is 77.9 Å². The van der Waals surface area contributed by atoms with Gasteiger partial charge in [0.25, 0.3) is 0 Å². The molecule has 3 rings (SSSR count). The molecule has 1 amide bonds. The number of piperazine rings is 1. The van der Waals surface area contributed by atoms with Gasteiger partial charge in [-0.2, -0.15) is 0 Å². The molecule has 0 atom stereocenters. The SMILES string of the molecule is COc1cccc(-c2ccc(N3CCN(CCNC(=O)O)CC3)nc2)c1. The van der Waals surface area contributed by atoms with Crippen LogP contribution in [-0.2, 0) is 0 Å². The Labute approximate surface area is 153 Å². The van der Waals surface area contributed by atoms with Gasteiger partial charge in [0, 0.05) is 51.0 Å². The molecule has 7 nitrogen and oxygen atoms in total. The van der Waals surface area contributed by atoms with Gasteiger partial charge in [0.05, 0.1) is 7.11 Å². The Morgan fingerprint density at radius 1 is 1.19 bits per heavy atom. The van der Waals surface area contributed by atoms with Crippen molar-refractivity contribution in [1.29, 1.82) is 0 Å². The summed E-state index contributed by atoms with van der Waals surface area (Å²) >= 11 is 0. The van der Waals surface area contributed by atoms with Gasteiger partial charge in [-0.25, -0.2) is 9.78 Å². The number of nitrogens with zero attached hydrogens (tertiary/aromatic N) is 3. The van der Waals surface area contributed by atoms with Gasteiger partial charge >= 0.3 is 6.09 Å². The van der Waals surface area contributed by atoms with Crippen LogP contribution in [-0.4, -0.2) is 67.5 Å². The molecule has 0 bridgehead atoms. The van der Waals surface area contributed by atoms with Crippen LogP contribution < -0.4 is 15.0 Å². The van der Waals surface area contributed by atoms with Gasteiger partial charge in [-0.3, -0.25) is 4.90 Å². The average Bonchev–Trinajstić information content (AvgIpc) is 2.68. The summed E-state index contributed by atoms with van der Waals surface area (Å²) in [6, 6.07) is 12.1. The number of anilines is 1. The highest BCUT2D eigenvalue weighted by Crippen LogP contribution is 2.24. The van der Waals surface area contributed by atoms with Crippen LogP contribution in [0.15, 0.2) is 42.6 Å². The molecule has 7 heteroatoms. The van der Waals surface area contributed by atoms with Gasteiger partial charge in [-0.05, 0) is 29.8 Å². The van der Waals surface area contributed by atoms with Gasteiger partial charge in [-0.1, -0.05) is 12.1 Å². The summed E-state index contributed by atoms with van der Waals surface area (Å²) in [7, 11) is 1.66. The van der Waals surface area contributed by atoms with Crippen molar-refractivity contribution in [2.75, 3.05) is 51.3 Å². The van der Waals surface area contributed by atoms with Crippen LogP contribution in [0.5, 0.6) is 5.75 Å². The lowest BCUT2D eigenvalue weighted by Crippen LogP contribution is -2.48. The molecular formula is C19H24N4O3. The Bertz CT molecular complexity index is 728. The van der Waals surface area contributed by atoms with Crippen LogP contribution in [0.25, 0.3) is 11.1 Å². The summed E-state index contributed by atoms with van der Waals surface area (Å²) < 4.78 is 5.28. The second-order valence-corrected chi connectivity index (χ2v) is 6.20. The number of amides is 1. The van der Waals surface area contributed by atoms with E-state index in [1.54, 1.807) is 7.11 Å². The fraction of sp³-hybridized carbons (Fsp3) is 0.368. The summed E-state index contributed by atoms with van der Waals surface area (Å²) in [4.78, 5) is 19.6. The highest BCUT2D eigenvalue weighted by Gasteiger charge is 2.17. The maximum Gasteiger partial charge on any atom is 0.404 e. The zero-order valence-electron chi connectivity index (χ0n) is 14.9. The molecule has 26 heavy (non-hydrogen) atoms.